The molecule has 1 atom stereocenters. The van der Waals surface area contributed by atoms with Gasteiger partial charge in [0.1, 0.15) is 0 Å². The van der Waals surface area contributed by atoms with Gasteiger partial charge in [-0.25, -0.2) is 0 Å². The minimum absolute atomic E-state index is 0.773. The van der Waals surface area contributed by atoms with Gasteiger partial charge in [-0.05, 0) is 43.0 Å². The van der Waals surface area contributed by atoms with Gasteiger partial charge in [0.05, 0.1) is 0 Å². The van der Waals surface area contributed by atoms with Gasteiger partial charge in [0.15, 0.2) is 0 Å². The van der Waals surface area contributed by atoms with Crippen molar-refractivity contribution in [1.29, 1.82) is 0 Å². The van der Waals surface area contributed by atoms with Gasteiger partial charge in [-0.3, -0.25) is 0 Å². The van der Waals surface area contributed by atoms with Crippen LogP contribution in [0.4, 0.5) is 0 Å². The van der Waals surface area contributed by atoms with E-state index in [4.69, 9.17) is 4.74 Å². The number of hydrogen-bond donors (Lipinski definition) is 1. The summed E-state index contributed by atoms with van der Waals surface area (Å²) in [7, 11) is 0. The number of hydrogen-bond acceptors (Lipinski definition) is 2. The molecule has 1 unspecified atom stereocenters. The number of halogens is 1. The lowest BCUT2D eigenvalue weighted by Crippen LogP contribution is -2.17. The van der Waals surface area contributed by atoms with Crippen molar-refractivity contribution in [3.8, 4) is 0 Å². The minimum atomic E-state index is 0.773. The molecule has 0 saturated carbocycles. The summed E-state index contributed by atoms with van der Waals surface area (Å²) < 4.78 is 6.50. The predicted octanol–water partition coefficient (Wildman–Crippen LogP) is 2.97. The fraction of sp³-hybridized carbons (Fsp3) is 0.538. The molecule has 0 bridgehead atoms. The summed E-state index contributed by atoms with van der Waals surface area (Å²) in [6.07, 6.45) is 2.46. The van der Waals surface area contributed by atoms with Crippen molar-refractivity contribution >= 4 is 15.9 Å². The molecule has 0 aliphatic carbocycles. The lowest BCUT2D eigenvalue weighted by Gasteiger charge is -2.08. The number of rotatable bonds is 5. The van der Waals surface area contributed by atoms with Gasteiger partial charge in [-0.1, -0.05) is 28.1 Å². The van der Waals surface area contributed by atoms with Crippen molar-refractivity contribution in [3.05, 3.63) is 34.3 Å². The van der Waals surface area contributed by atoms with Crippen LogP contribution in [0.1, 0.15) is 18.4 Å². The second-order valence-corrected chi connectivity index (χ2v) is 5.24. The molecule has 1 aromatic carbocycles. The molecule has 0 radical (unpaired) electrons. The van der Waals surface area contributed by atoms with Gasteiger partial charge in [0, 0.05) is 24.2 Å². The Morgan fingerprint density at radius 3 is 3.12 bits per heavy atom. The summed E-state index contributed by atoms with van der Waals surface area (Å²) in [6.45, 7) is 3.95. The Hall–Kier alpha value is -0.380. The van der Waals surface area contributed by atoms with Crippen LogP contribution >= 0.6 is 15.9 Å². The van der Waals surface area contributed by atoms with Crippen LogP contribution < -0.4 is 5.32 Å². The first-order chi connectivity index (χ1) is 7.84. The van der Waals surface area contributed by atoms with Gasteiger partial charge in [-0.15, -0.1) is 0 Å². The average molecular weight is 284 g/mol. The zero-order chi connectivity index (χ0) is 11.2. The molecule has 1 heterocycles. The third kappa shape index (κ3) is 3.89. The van der Waals surface area contributed by atoms with E-state index in [1.165, 1.54) is 18.4 Å². The molecule has 16 heavy (non-hydrogen) atoms. The minimum Gasteiger partial charge on any atom is -0.381 e. The van der Waals surface area contributed by atoms with Crippen LogP contribution in [0.3, 0.4) is 0 Å². The molecule has 1 N–H and O–H groups in total. The van der Waals surface area contributed by atoms with E-state index in [0.29, 0.717) is 0 Å². The van der Waals surface area contributed by atoms with E-state index in [9.17, 15) is 0 Å². The highest BCUT2D eigenvalue weighted by Gasteiger charge is 2.14. The maximum Gasteiger partial charge on any atom is 0.0495 e. The van der Waals surface area contributed by atoms with Crippen LogP contribution in [0.2, 0.25) is 0 Å². The van der Waals surface area contributed by atoms with Crippen LogP contribution in [0.15, 0.2) is 28.7 Å². The van der Waals surface area contributed by atoms with Gasteiger partial charge < -0.3 is 10.1 Å². The molecule has 2 rings (SSSR count). The van der Waals surface area contributed by atoms with E-state index < -0.39 is 0 Å². The summed E-state index contributed by atoms with van der Waals surface area (Å²) >= 11 is 3.48. The molecular formula is C13H18BrNO. The topological polar surface area (TPSA) is 21.3 Å². The van der Waals surface area contributed by atoms with E-state index in [-0.39, 0.29) is 0 Å². The van der Waals surface area contributed by atoms with Crippen LogP contribution in [0, 0.1) is 5.92 Å². The Morgan fingerprint density at radius 1 is 1.44 bits per heavy atom. The number of nitrogens with one attached hydrogen (secondary N) is 1. The Labute approximate surface area is 106 Å². The molecular weight excluding hydrogens is 266 g/mol. The molecule has 1 fully saturated rings. The summed E-state index contributed by atoms with van der Waals surface area (Å²) in [5.41, 5.74) is 1.33. The Kier molecular flexibility index (Phi) is 4.82. The average Bonchev–Trinajstić information content (AvgIpc) is 2.77. The van der Waals surface area contributed by atoms with Crippen molar-refractivity contribution in [2.24, 2.45) is 5.92 Å². The lowest BCUT2D eigenvalue weighted by atomic mass is 10.1. The molecule has 0 aromatic heterocycles. The normalized spacial score (nSPS) is 20.2. The van der Waals surface area contributed by atoms with E-state index in [1.54, 1.807) is 0 Å². The van der Waals surface area contributed by atoms with E-state index in [1.807, 2.05) is 0 Å². The molecule has 1 aliphatic heterocycles. The van der Waals surface area contributed by atoms with Crippen molar-refractivity contribution in [2.45, 2.75) is 19.4 Å². The standard InChI is InChI=1S/C13H18BrNO/c14-13-3-1-2-12(8-13)9-15-6-4-11-5-7-16-10-11/h1-3,8,11,15H,4-7,9-10H2. The molecule has 0 spiro atoms. The predicted molar refractivity (Wildman–Crippen MR) is 69.4 cm³/mol. The monoisotopic (exact) mass is 283 g/mol. The molecule has 3 heteroatoms. The Bertz CT molecular complexity index is 323. The zero-order valence-corrected chi connectivity index (χ0v) is 11.0. The molecule has 88 valence electrons. The summed E-state index contributed by atoms with van der Waals surface area (Å²) in [6, 6.07) is 8.44. The first kappa shape index (κ1) is 12.1. The zero-order valence-electron chi connectivity index (χ0n) is 9.42. The maximum atomic E-state index is 5.35. The molecule has 1 aromatic rings. The first-order valence-corrected chi connectivity index (χ1v) is 6.67. The van der Waals surface area contributed by atoms with Crippen molar-refractivity contribution in [2.75, 3.05) is 19.8 Å². The fourth-order valence-electron chi connectivity index (χ4n) is 2.00. The van der Waals surface area contributed by atoms with Crippen LogP contribution in [0.5, 0.6) is 0 Å². The second kappa shape index (κ2) is 6.38. The largest absolute Gasteiger partial charge is 0.381 e. The summed E-state index contributed by atoms with van der Waals surface area (Å²) in [5.74, 6) is 0.773. The highest BCUT2D eigenvalue weighted by Crippen LogP contribution is 2.15. The highest BCUT2D eigenvalue weighted by molar-refractivity contribution is 9.10. The Balaban J connectivity index is 1.64. The SMILES string of the molecule is Brc1cccc(CNCCC2CCOC2)c1. The van der Waals surface area contributed by atoms with E-state index in [0.717, 1.165) is 36.7 Å². The van der Waals surface area contributed by atoms with Gasteiger partial charge in [-0.2, -0.15) is 0 Å². The molecule has 0 amide bonds. The van der Waals surface area contributed by atoms with Crippen LogP contribution in [-0.2, 0) is 11.3 Å². The molecule has 1 aliphatic rings. The van der Waals surface area contributed by atoms with Crippen molar-refractivity contribution in [1.82, 2.24) is 5.32 Å². The Morgan fingerprint density at radius 2 is 2.38 bits per heavy atom. The fourth-order valence-corrected chi connectivity index (χ4v) is 2.44. The first-order valence-electron chi connectivity index (χ1n) is 5.87. The second-order valence-electron chi connectivity index (χ2n) is 4.32. The summed E-state index contributed by atoms with van der Waals surface area (Å²) in [5, 5.41) is 3.48. The van der Waals surface area contributed by atoms with Crippen LogP contribution in [0.25, 0.3) is 0 Å². The third-order valence-corrected chi connectivity index (χ3v) is 3.46. The highest BCUT2D eigenvalue weighted by atomic mass is 79.9. The van der Waals surface area contributed by atoms with Crippen molar-refractivity contribution in [3.63, 3.8) is 0 Å². The third-order valence-electron chi connectivity index (χ3n) is 2.97. The van der Waals surface area contributed by atoms with Crippen molar-refractivity contribution < 1.29 is 4.74 Å². The van der Waals surface area contributed by atoms with E-state index in [2.05, 4.69) is 45.5 Å². The summed E-state index contributed by atoms with van der Waals surface area (Å²) in [4.78, 5) is 0. The van der Waals surface area contributed by atoms with E-state index >= 15 is 0 Å². The smallest absolute Gasteiger partial charge is 0.0495 e. The number of benzene rings is 1. The van der Waals surface area contributed by atoms with Crippen LogP contribution in [-0.4, -0.2) is 19.8 Å². The molecule has 1 saturated heterocycles. The van der Waals surface area contributed by atoms with Gasteiger partial charge in [0.25, 0.3) is 0 Å². The number of ether oxygens (including phenoxy) is 1. The molecule has 2 nitrogen and oxygen atoms in total. The van der Waals surface area contributed by atoms with Gasteiger partial charge in [0.2, 0.25) is 0 Å². The quantitative estimate of drug-likeness (QED) is 0.839. The lowest BCUT2D eigenvalue weighted by molar-refractivity contribution is 0.184. The maximum absolute atomic E-state index is 5.35. The van der Waals surface area contributed by atoms with Gasteiger partial charge >= 0.3 is 0 Å².